The Hall–Kier alpha value is -0.0400. The molecule has 4 nitrogen and oxygen atoms in total. The first-order chi connectivity index (χ1) is 8.56. The predicted octanol–water partition coefficient (Wildman–Crippen LogP) is 0.721. The first kappa shape index (κ1) is 18.0. The third-order valence-corrected chi connectivity index (χ3v) is 3.56. The maximum atomic E-state index is 11.7. The molecule has 0 bridgehead atoms. The Kier molecular flexibility index (Phi) is 10.8. The van der Waals surface area contributed by atoms with Crippen LogP contribution in [0.15, 0.2) is 0 Å². The van der Waals surface area contributed by atoms with Crippen LogP contribution in [0.1, 0.15) is 26.2 Å². The largest absolute Gasteiger partial charge is 0.310 e. The zero-order chi connectivity index (χ0) is 14.0. The van der Waals surface area contributed by atoms with Crippen molar-refractivity contribution in [1.29, 1.82) is 0 Å². The monoisotopic (exact) mass is 292 g/mol. The fourth-order valence-electron chi connectivity index (χ4n) is 1.57. The smallest absolute Gasteiger partial charge is 0.150 e. The molecule has 2 N–H and O–H groups in total. The predicted molar refractivity (Wildman–Crippen MR) is 81.9 cm³/mol. The van der Waals surface area contributed by atoms with E-state index in [0.717, 1.165) is 19.4 Å². The lowest BCUT2D eigenvalue weighted by Gasteiger charge is -2.14. The molecular weight excluding hydrogens is 268 g/mol. The number of thiol groups is 2. The molecule has 0 aromatic heterocycles. The van der Waals surface area contributed by atoms with Crippen molar-refractivity contribution in [1.82, 2.24) is 10.6 Å². The molecule has 0 fully saturated rings. The van der Waals surface area contributed by atoms with Gasteiger partial charge in [-0.1, -0.05) is 0 Å². The lowest BCUT2D eigenvalue weighted by Crippen LogP contribution is -2.38. The van der Waals surface area contributed by atoms with Gasteiger partial charge >= 0.3 is 0 Å². The highest BCUT2D eigenvalue weighted by molar-refractivity contribution is 7.80. The van der Waals surface area contributed by atoms with Crippen LogP contribution in [0.5, 0.6) is 0 Å². The fraction of sp³-hybridized carbons (Fsp3) is 0.833. The van der Waals surface area contributed by atoms with Crippen LogP contribution in [-0.4, -0.2) is 48.7 Å². The van der Waals surface area contributed by atoms with E-state index in [-0.39, 0.29) is 23.7 Å². The normalized spacial score (nSPS) is 14.2. The molecule has 0 aliphatic carbocycles. The number of nitrogens with one attached hydrogen (secondary N) is 2. The number of carbonyl (C=O) groups excluding carboxylic acids is 2. The van der Waals surface area contributed by atoms with Gasteiger partial charge in [0.2, 0.25) is 0 Å². The van der Waals surface area contributed by atoms with Crippen molar-refractivity contribution in [3.8, 4) is 0 Å². The third kappa shape index (κ3) is 7.41. The van der Waals surface area contributed by atoms with Crippen LogP contribution in [0, 0.1) is 0 Å². The lowest BCUT2D eigenvalue weighted by molar-refractivity contribution is -0.120. The summed E-state index contributed by atoms with van der Waals surface area (Å²) in [5, 5.41) is 6.07. The van der Waals surface area contributed by atoms with Gasteiger partial charge in [0.15, 0.2) is 5.78 Å². The Morgan fingerprint density at radius 1 is 1.11 bits per heavy atom. The average molecular weight is 292 g/mol. The Labute approximate surface area is 120 Å². The van der Waals surface area contributed by atoms with Crippen LogP contribution in [0.25, 0.3) is 0 Å². The molecule has 0 saturated heterocycles. The van der Waals surface area contributed by atoms with Crippen LogP contribution >= 0.6 is 25.3 Å². The third-order valence-electron chi connectivity index (χ3n) is 2.83. The second-order valence-electron chi connectivity index (χ2n) is 4.25. The van der Waals surface area contributed by atoms with Gasteiger partial charge in [0.05, 0.1) is 12.1 Å². The topological polar surface area (TPSA) is 58.2 Å². The number of carbonyl (C=O) groups is 2. The summed E-state index contributed by atoms with van der Waals surface area (Å²) in [6, 6.07) is -0.324. The average Bonchev–Trinajstić information content (AvgIpc) is 2.34. The van der Waals surface area contributed by atoms with E-state index in [0.29, 0.717) is 17.9 Å². The minimum atomic E-state index is -0.175. The fourth-order valence-corrected chi connectivity index (χ4v) is 2.34. The number of likely N-dealkylation sites (N-methyl/N-ethyl adjacent to an activating group) is 1. The molecule has 0 unspecified atom stereocenters. The van der Waals surface area contributed by atoms with E-state index < -0.39 is 0 Å². The highest BCUT2D eigenvalue weighted by Crippen LogP contribution is 2.01. The van der Waals surface area contributed by atoms with Crippen molar-refractivity contribution in [2.75, 3.05) is 25.1 Å². The van der Waals surface area contributed by atoms with E-state index in [4.69, 9.17) is 0 Å². The van der Waals surface area contributed by atoms with Crippen LogP contribution in [0.2, 0.25) is 0 Å². The summed E-state index contributed by atoms with van der Waals surface area (Å²) in [5.41, 5.74) is 0. The SMILES string of the molecule is CN[C@@H](CS)C(=O)CCCCN[C@@H](CS)C(C)=O. The maximum Gasteiger partial charge on any atom is 0.150 e. The zero-order valence-electron chi connectivity index (χ0n) is 11.1. The van der Waals surface area contributed by atoms with E-state index in [1.54, 1.807) is 14.0 Å². The molecule has 0 aromatic rings. The van der Waals surface area contributed by atoms with Crippen molar-refractivity contribution >= 4 is 36.8 Å². The molecule has 0 aliphatic rings. The summed E-state index contributed by atoms with van der Waals surface area (Å²) in [5.74, 6) is 1.34. The summed E-state index contributed by atoms with van der Waals surface area (Å²) < 4.78 is 0. The molecule has 2 atom stereocenters. The molecule has 0 aliphatic heterocycles. The molecule has 0 spiro atoms. The van der Waals surface area contributed by atoms with E-state index in [2.05, 4.69) is 35.9 Å². The molecule has 0 radical (unpaired) electrons. The second-order valence-corrected chi connectivity index (χ2v) is 4.98. The van der Waals surface area contributed by atoms with E-state index in [1.165, 1.54) is 0 Å². The number of hydrogen-bond donors (Lipinski definition) is 4. The molecule has 18 heavy (non-hydrogen) atoms. The summed E-state index contributed by atoms with van der Waals surface area (Å²) in [7, 11) is 1.77. The number of Topliss-reactive ketones (excluding diaryl/α,β-unsaturated/α-hetero) is 2. The van der Waals surface area contributed by atoms with Crippen molar-refractivity contribution in [2.24, 2.45) is 0 Å². The van der Waals surface area contributed by atoms with Gasteiger partial charge in [-0.25, -0.2) is 0 Å². The van der Waals surface area contributed by atoms with Gasteiger partial charge in [0.1, 0.15) is 5.78 Å². The van der Waals surface area contributed by atoms with Crippen LogP contribution in [-0.2, 0) is 9.59 Å². The minimum absolute atomic E-state index is 0.103. The van der Waals surface area contributed by atoms with Gasteiger partial charge in [0.25, 0.3) is 0 Å². The zero-order valence-corrected chi connectivity index (χ0v) is 12.9. The van der Waals surface area contributed by atoms with Crippen molar-refractivity contribution in [3.05, 3.63) is 0 Å². The van der Waals surface area contributed by atoms with Gasteiger partial charge in [-0.15, -0.1) is 0 Å². The van der Waals surface area contributed by atoms with Gasteiger partial charge < -0.3 is 10.6 Å². The Bertz CT molecular complexity index is 258. The number of hydrogen-bond acceptors (Lipinski definition) is 6. The molecule has 0 saturated carbocycles. The molecule has 106 valence electrons. The maximum absolute atomic E-state index is 11.7. The van der Waals surface area contributed by atoms with E-state index in [1.807, 2.05) is 0 Å². The Morgan fingerprint density at radius 2 is 1.72 bits per heavy atom. The quantitative estimate of drug-likeness (QED) is 0.335. The summed E-state index contributed by atoms with van der Waals surface area (Å²) in [6.07, 6.45) is 2.26. The number of rotatable bonds is 11. The van der Waals surface area contributed by atoms with Crippen molar-refractivity contribution in [2.45, 2.75) is 38.3 Å². The highest BCUT2D eigenvalue weighted by Gasteiger charge is 2.14. The van der Waals surface area contributed by atoms with Gasteiger partial charge in [-0.2, -0.15) is 25.3 Å². The van der Waals surface area contributed by atoms with Crippen LogP contribution in [0.3, 0.4) is 0 Å². The molecule has 0 amide bonds. The van der Waals surface area contributed by atoms with E-state index in [9.17, 15) is 9.59 Å². The van der Waals surface area contributed by atoms with Crippen molar-refractivity contribution in [3.63, 3.8) is 0 Å². The molecule has 0 aromatic carbocycles. The summed E-state index contributed by atoms with van der Waals surface area (Å²) in [6.45, 7) is 2.30. The molecule has 6 heteroatoms. The molecular formula is C12H24N2O2S2. The van der Waals surface area contributed by atoms with Gasteiger partial charge in [0, 0.05) is 17.9 Å². The van der Waals surface area contributed by atoms with Crippen molar-refractivity contribution < 1.29 is 9.59 Å². The minimum Gasteiger partial charge on any atom is -0.310 e. The Morgan fingerprint density at radius 3 is 2.17 bits per heavy atom. The molecule has 0 rings (SSSR count). The van der Waals surface area contributed by atoms with Gasteiger partial charge in [-0.05, 0) is 33.4 Å². The highest BCUT2D eigenvalue weighted by atomic mass is 32.1. The summed E-state index contributed by atoms with van der Waals surface area (Å²) in [4.78, 5) is 22.8. The lowest BCUT2D eigenvalue weighted by atomic mass is 10.1. The first-order valence-electron chi connectivity index (χ1n) is 6.22. The first-order valence-corrected chi connectivity index (χ1v) is 7.48. The number of unbranched alkanes of at least 4 members (excludes halogenated alkanes) is 1. The van der Waals surface area contributed by atoms with Gasteiger partial charge in [-0.3, -0.25) is 9.59 Å². The Balaban J connectivity index is 3.67. The second kappa shape index (κ2) is 10.8. The van der Waals surface area contributed by atoms with Crippen LogP contribution in [0.4, 0.5) is 0 Å². The van der Waals surface area contributed by atoms with Crippen LogP contribution < -0.4 is 10.6 Å². The molecule has 0 heterocycles. The summed E-state index contributed by atoms with van der Waals surface area (Å²) >= 11 is 8.23. The number of ketones is 2. The van der Waals surface area contributed by atoms with E-state index >= 15 is 0 Å². The standard InChI is InChI=1S/C12H24N2O2S2/c1-9(15)10(7-17)14-6-4-3-5-12(16)11(8-18)13-2/h10-11,13-14,17-18H,3-8H2,1-2H3/t10-,11-/m0/s1.